The highest BCUT2D eigenvalue weighted by atomic mass is 16.6. The average molecular weight is 1600 g/mol. The predicted molar refractivity (Wildman–Crippen MR) is 448 cm³/mol. The van der Waals surface area contributed by atoms with Crippen LogP contribution < -0.4 is 56.8 Å². The molecule has 20 heteroatoms. The molecule has 0 aliphatic heterocycles. The molecule has 118 heavy (non-hydrogen) atoms. The Bertz CT molecular complexity index is 4480. The van der Waals surface area contributed by atoms with Crippen molar-refractivity contribution in [1.82, 2.24) is 0 Å². The summed E-state index contributed by atoms with van der Waals surface area (Å²) >= 11 is 0. The second-order valence-corrected chi connectivity index (χ2v) is 28.4. The van der Waals surface area contributed by atoms with Gasteiger partial charge in [-0.05, 0) is 244 Å². The Morgan fingerprint density at radius 1 is 0.169 bits per heavy atom. The summed E-state index contributed by atoms with van der Waals surface area (Å²) in [7, 11) is 0. The lowest BCUT2D eigenvalue weighted by atomic mass is 10.1. The highest BCUT2D eigenvalue weighted by molar-refractivity contribution is 5.96. The van der Waals surface area contributed by atoms with Gasteiger partial charge in [0.1, 0.15) is 69.0 Å². The zero-order valence-corrected chi connectivity index (χ0v) is 67.1. The summed E-state index contributed by atoms with van der Waals surface area (Å²) in [5.41, 5.74) is 2.12. The lowest BCUT2D eigenvalue weighted by molar-refractivity contribution is 0.0711. The molecule has 0 fully saturated rings. The van der Waals surface area contributed by atoms with Gasteiger partial charge in [-0.25, -0.2) is 38.4 Å². The maximum absolute atomic E-state index is 13.1. The first-order valence-corrected chi connectivity index (χ1v) is 41.0. The van der Waals surface area contributed by atoms with Gasteiger partial charge in [-0.3, -0.25) is 0 Å². The lowest BCUT2D eigenvalue weighted by Gasteiger charge is -2.10. The third kappa shape index (κ3) is 30.4. The molecule has 10 aromatic carbocycles. The first-order valence-electron chi connectivity index (χ1n) is 41.0. The standard InChI is InChI=1S/C98H102O20/c1-3-5-7-9-11-15-19-23-65-107-79-49-33-71(34-50-79)91(99)111-83-57-41-75(42-58-83)95(103)115-87-29-27-31-89(69-87)117-97(105)77-45-61-85(62-46-77)113-93(101)73-37-53-81(54-38-73)109-67-25-21-17-13-14-18-22-26-68-110-82-55-39-74(40-56-82)94(102)114-86-63-47-78(48-64-86)98(106)118-90-32-28-30-88(70-90)116-96(104)76-43-59-84(60-44-76)112-92(100)72-35-51-80(52-36-72)108-66-24-20-16-12-10-8-6-4-2/h27-64,69-70H,3-26,65-68H2,1-2H3. The Morgan fingerprint density at radius 2 is 0.314 bits per heavy atom. The number of hydrogen-bond acceptors (Lipinski definition) is 20. The highest BCUT2D eigenvalue weighted by Gasteiger charge is 2.20. The van der Waals surface area contributed by atoms with Crippen molar-refractivity contribution in [2.75, 3.05) is 26.4 Å². The molecule has 614 valence electrons. The van der Waals surface area contributed by atoms with E-state index < -0.39 is 47.8 Å². The normalized spacial score (nSPS) is 10.8. The van der Waals surface area contributed by atoms with Crippen molar-refractivity contribution in [3.63, 3.8) is 0 Å². The summed E-state index contributed by atoms with van der Waals surface area (Å²) in [5.74, 6) is -0.943. The van der Waals surface area contributed by atoms with Crippen LogP contribution in [-0.4, -0.2) is 74.2 Å². The molecule has 0 radical (unpaired) electrons. The van der Waals surface area contributed by atoms with Crippen molar-refractivity contribution in [3.8, 4) is 69.0 Å². The molecule has 0 saturated carbocycles. The molecule has 0 atom stereocenters. The number of carbonyl (C=O) groups is 8. The Kier molecular flexibility index (Phi) is 36.0. The highest BCUT2D eigenvalue weighted by Crippen LogP contribution is 2.29. The van der Waals surface area contributed by atoms with Crippen LogP contribution in [0.2, 0.25) is 0 Å². The largest absolute Gasteiger partial charge is 0.494 e. The zero-order chi connectivity index (χ0) is 82.7. The van der Waals surface area contributed by atoms with E-state index in [2.05, 4.69) is 13.8 Å². The molecule has 0 unspecified atom stereocenters. The second-order valence-electron chi connectivity index (χ2n) is 28.4. The molecular weight excluding hydrogens is 1500 g/mol. The van der Waals surface area contributed by atoms with Crippen LogP contribution in [0.4, 0.5) is 0 Å². The van der Waals surface area contributed by atoms with E-state index >= 15 is 0 Å². The molecule has 10 rings (SSSR count). The lowest BCUT2D eigenvalue weighted by Crippen LogP contribution is -2.11. The Hall–Kier alpha value is -12.8. The van der Waals surface area contributed by atoms with Gasteiger partial charge in [0.05, 0.1) is 70.9 Å². The van der Waals surface area contributed by atoms with Crippen LogP contribution in [0.3, 0.4) is 0 Å². The van der Waals surface area contributed by atoms with Gasteiger partial charge in [-0.15, -0.1) is 0 Å². The van der Waals surface area contributed by atoms with Crippen molar-refractivity contribution in [1.29, 1.82) is 0 Å². The SMILES string of the molecule is CCCCCCCCCCOc1ccc(C(=O)Oc2ccc(C(=O)Oc3cccc(OC(=O)c4ccc(OC(=O)c5ccc(OCCCCCCCCCCOc6ccc(C(=O)Oc7ccc(C(=O)Oc8cccc(OC(=O)c9ccc(OC(=O)c%10ccc(OCCCCCCCCCC)cc%10)cc9)c8)cc7)cc6)cc5)cc4)c3)cc2)cc1. The van der Waals surface area contributed by atoms with Crippen molar-refractivity contribution >= 4 is 47.8 Å². The number of rotatable bonds is 49. The zero-order valence-electron chi connectivity index (χ0n) is 67.1. The van der Waals surface area contributed by atoms with E-state index in [1.54, 1.807) is 133 Å². The summed E-state index contributed by atoms with van der Waals surface area (Å²) in [4.78, 5) is 104. The van der Waals surface area contributed by atoms with Gasteiger partial charge in [0.2, 0.25) is 0 Å². The number of esters is 8. The van der Waals surface area contributed by atoms with Crippen molar-refractivity contribution in [2.45, 2.75) is 168 Å². The van der Waals surface area contributed by atoms with Crippen molar-refractivity contribution < 1.29 is 95.2 Å². The van der Waals surface area contributed by atoms with Gasteiger partial charge in [0.15, 0.2) is 0 Å². The molecule has 0 bridgehead atoms. The summed E-state index contributed by atoms with van der Waals surface area (Å²) in [6, 6.07) is 62.8. The van der Waals surface area contributed by atoms with E-state index in [9.17, 15) is 38.4 Å². The molecule has 0 N–H and O–H groups in total. The van der Waals surface area contributed by atoms with Gasteiger partial charge < -0.3 is 56.8 Å². The average Bonchev–Trinajstić information content (AvgIpc) is 0.854. The first-order chi connectivity index (χ1) is 57.7. The Labute approximate surface area is 689 Å². The fourth-order valence-electron chi connectivity index (χ4n) is 12.4. The minimum absolute atomic E-state index is 0.127. The minimum Gasteiger partial charge on any atom is -0.494 e. The molecule has 0 aliphatic rings. The smallest absolute Gasteiger partial charge is 0.343 e. The fraction of sp³-hybridized carbons (Fsp3) is 0.306. The summed E-state index contributed by atoms with van der Waals surface area (Å²) in [5, 5.41) is 0. The maximum atomic E-state index is 13.1. The Balaban J connectivity index is 0.528. The molecule has 20 nitrogen and oxygen atoms in total. The van der Waals surface area contributed by atoms with Gasteiger partial charge in [-0.2, -0.15) is 0 Å². The van der Waals surface area contributed by atoms with Crippen LogP contribution in [0.15, 0.2) is 243 Å². The second kappa shape index (κ2) is 48.5. The van der Waals surface area contributed by atoms with E-state index in [1.165, 1.54) is 186 Å². The molecule has 0 heterocycles. The number of hydrogen-bond donors (Lipinski definition) is 0. The van der Waals surface area contributed by atoms with Crippen LogP contribution in [0.25, 0.3) is 0 Å². The molecule has 0 aliphatic carbocycles. The number of ether oxygens (including phenoxy) is 12. The van der Waals surface area contributed by atoms with Gasteiger partial charge in [0, 0.05) is 12.1 Å². The molecule has 0 saturated heterocycles. The number of benzene rings is 10. The topological polar surface area (TPSA) is 247 Å². The molecule has 0 amide bonds. The molecule has 0 spiro atoms. The van der Waals surface area contributed by atoms with E-state index in [1.807, 2.05) is 0 Å². The van der Waals surface area contributed by atoms with E-state index in [0.717, 1.165) is 77.0 Å². The Morgan fingerprint density at radius 3 is 0.483 bits per heavy atom. The van der Waals surface area contributed by atoms with Crippen LogP contribution in [0.1, 0.15) is 251 Å². The molecular formula is C98H102O20. The maximum Gasteiger partial charge on any atom is 0.343 e. The van der Waals surface area contributed by atoms with Crippen LogP contribution >= 0.6 is 0 Å². The van der Waals surface area contributed by atoms with E-state index in [4.69, 9.17) is 56.8 Å². The summed E-state index contributed by atoms with van der Waals surface area (Å²) < 4.78 is 68.1. The van der Waals surface area contributed by atoms with Gasteiger partial charge in [0.25, 0.3) is 0 Å². The van der Waals surface area contributed by atoms with Crippen LogP contribution in [0, 0.1) is 0 Å². The van der Waals surface area contributed by atoms with Gasteiger partial charge >= 0.3 is 47.8 Å². The molecule has 10 aromatic rings. The third-order valence-corrected chi connectivity index (χ3v) is 19.1. The van der Waals surface area contributed by atoms with Gasteiger partial charge in [-0.1, -0.05) is 154 Å². The number of carbonyl (C=O) groups excluding carboxylic acids is 8. The van der Waals surface area contributed by atoms with Crippen molar-refractivity contribution in [3.05, 3.63) is 287 Å². The van der Waals surface area contributed by atoms with Crippen molar-refractivity contribution in [2.24, 2.45) is 0 Å². The quantitative estimate of drug-likeness (QED) is 0.0195. The van der Waals surface area contributed by atoms with Crippen LogP contribution in [0.5, 0.6) is 69.0 Å². The predicted octanol–water partition coefficient (Wildman–Crippen LogP) is 23.1. The minimum atomic E-state index is -0.690. The third-order valence-electron chi connectivity index (χ3n) is 19.1. The summed E-state index contributed by atoms with van der Waals surface area (Å²) in [6.07, 6.45) is 27.7. The first kappa shape index (κ1) is 87.5. The fourth-order valence-corrected chi connectivity index (χ4v) is 12.4. The molecule has 0 aromatic heterocycles. The number of unbranched alkanes of at least 4 members (excludes halogenated alkanes) is 21. The van der Waals surface area contributed by atoms with Crippen LogP contribution in [-0.2, 0) is 0 Å². The summed E-state index contributed by atoms with van der Waals surface area (Å²) in [6.45, 7) is 6.76. The monoisotopic (exact) mass is 1600 g/mol. The van der Waals surface area contributed by atoms with E-state index in [0.29, 0.717) is 71.7 Å². The van der Waals surface area contributed by atoms with E-state index in [-0.39, 0.29) is 68.2 Å².